The van der Waals surface area contributed by atoms with Gasteiger partial charge in [0.05, 0.1) is 0 Å². The standard InChI is InChI=1S/C7H9F5/c1-3-4-5(8)7(11,12)6(2,9)10/h3,5H,1,4H2,2H3. The van der Waals surface area contributed by atoms with Crippen LogP contribution in [0.5, 0.6) is 0 Å². The Balaban J connectivity index is 4.48. The van der Waals surface area contributed by atoms with E-state index in [-0.39, 0.29) is 6.92 Å². The van der Waals surface area contributed by atoms with E-state index in [0.29, 0.717) is 0 Å². The average molecular weight is 188 g/mol. The van der Waals surface area contributed by atoms with E-state index in [1.807, 2.05) is 0 Å². The Bertz CT molecular complexity index is 158. The predicted molar refractivity (Wildman–Crippen MR) is 35.3 cm³/mol. The van der Waals surface area contributed by atoms with Gasteiger partial charge in [-0.1, -0.05) is 6.08 Å². The predicted octanol–water partition coefficient (Wildman–Crippen LogP) is 3.19. The number of hydrogen-bond acceptors (Lipinski definition) is 0. The van der Waals surface area contributed by atoms with Gasteiger partial charge in [0, 0.05) is 13.3 Å². The van der Waals surface area contributed by atoms with E-state index >= 15 is 0 Å². The van der Waals surface area contributed by atoms with Crippen molar-refractivity contribution >= 4 is 0 Å². The third kappa shape index (κ3) is 2.19. The number of allylic oxidation sites excluding steroid dienone is 1. The molecule has 0 N–H and O–H groups in total. The van der Waals surface area contributed by atoms with E-state index in [2.05, 4.69) is 6.58 Å². The second-order valence-corrected chi connectivity index (χ2v) is 2.50. The third-order valence-electron chi connectivity index (χ3n) is 1.35. The summed E-state index contributed by atoms with van der Waals surface area (Å²) in [4.78, 5) is 0. The van der Waals surface area contributed by atoms with E-state index in [9.17, 15) is 22.0 Å². The molecule has 1 unspecified atom stereocenters. The Labute approximate surface area is 67.1 Å². The molecular formula is C7H9F5. The summed E-state index contributed by atoms with van der Waals surface area (Å²) in [5.74, 6) is -8.96. The lowest BCUT2D eigenvalue weighted by Crippen LogP contribution is -2.45. The number of alkyl halides is 5. The van der Waals surface area contributed by atoms with Crippen LogP contribution in [0.3, 0.4) is 0 Å². The molecule has 12 heavy (non-hydrogen) atoms. The fourth-order valence-corrected chi connectivity index (χ4v) is 0.569. The molecule has 0 saturated heterocycles. The Morgan fingerprint density at radius 2 is 1.75 bits per heavy atom. The maximum absolute atomic E-state index is 12.4. The van der Waals surface area contributed by atoms with Crippen molar-refractivity contribution in [3.05, 3.63) is 12.7 Å². The van der Waals surface area contributed by atoms with Gasteiger partial charge < -0.3 is 0 Å². The molecule has 0 aromatic rings. The minimum absolute atomic E-state index is 0.0112. The van der Waals surface area contributed by atoms with Crippen LogP contribution in [-0.2, 0) is 0 Å². The highest BCUT2D eigenvalue weighted by molar-refractivity contribution is 4.91. The fourth-order valence-electron chi connectivity index (χ4n) is 0.569. The van der Waals surface area contributed by atoms with Crippen LogP contribution >= 0.6 is 0 Å². The van der Waals surface area contributed by atoms with Crippen molar-refractivity contribution in [3.63, 3.8) is 0 Å². The molecule has 0 aromatic heterocycles. The molecule has 0 radical (unpaired) electrons. The molecule has 1 atom stereocenters. The molecular weight excluding hydrogens is 179 g/mol. The Morgan fingerprint density at radius 3 is 2.00 bits per heavy atom. The molecule has 0 aliphatic rings. The van der Waals surface area contributed by atoms with Crippen LogP contribution in [0, 0.1) is 0 Å². The van der Waals surface area contributed by atoms with Gasteiger partial charge in [-0.25, -0.2) is 13.2 Å². The normalized spacial score (nSPS) is 15.8. The van der Waals surface area contributed by atoms with E-state index in [1.54, 1.807) is 0 Å². The topological polar surface area (TPSA) is 0 Å². The summed E-state index contributed by atoms with van der Waals surface area (Å²) in [7, 11) is 0. The summed E-state index contributed by atoms with van der Waals surface area (Å²) in [5, 5.41) is 0. The van der Waals surface area contributed by atoms with Crippen molar-refractivity contribution in [2.24, 2.45) is 0 Å². The molecule has 0 aliphatic heterocycles. The van der Waals surface area contributed by atoms with Gasteiger partial charge in [0.25, 0.3) is 0 Å². The molecule has 0 aromatic carbocycles. The second-order valence-electron chi connectivity index (χ2n) is 2.50. The minimum atomic E-state index is -4.62. The van der Waals surface area contributed by atoms with Gasteiger partial charge in [-0.2, -0.15) is 8.78 Å². The van der Waals surface area contributed by atoms with Crippen LogP contribution in [-0.4, -0.2) is 18.0 Å². The lowest BCUT2D eigenvalue weighted by molar-refractivity contribution is -0.228. The van der Waals surface area contributed by atoms with Crippen LogP contribution < -0.4 is 0 Å². The summed E-state index contributed by atoms with van der Waals surface area (Å²) in [6.07, 6.45) is -2.82. The van der Waals surface area contributed by atoms with Crippen molar-refractivity contribution in [1.82, 2.24) is 0 Å². The first-order valence-corrected chi connectivity index (χ1v) is 3.24. The lowest BCUT2D eigenvalue weighted by atomic mass is 10.1. The first-order chi connectivity index (χ1) is 5.23. The molecule has 0 bridgehead atoms. The summed E-state index contributed by atoms with van der Waals surface area (Å²) >= 11 is 0. The molecule has 0 fully saturated rings. The maximum Gasteiger partial charge on any atom is 0.340 e. The first-order valence-electron chi connectivity index (χ1n) is 3.24. The molecule has 0 rings (SSSR count). The zero-order valence-electron chi connectivity index (χ0n) is 6.46. The summed E-state index contributed by atoms with van der Waals surface area (Å²) in [5.41, 5.74) is 0. The Morgan fingerprint density at radius 1 is 1.33 bits per heavy atom. The quantitative estimate of drug-likeness (QED) is 0.469. The van der Waals surface area contributed by atoms with Gasteiger partial charge in [-0.3, -0.25) is 0 Å². The zero-order valence-corrected chi connectivity index (χ0v) is 6.46. The van der Waals surface area contributed by atoms with E-state index in [0.717, 1.165) is 6.08 Å². The number of rotatable bonds is 4. The van der Waals surface area contributed by atoms with Crippen molar-refractivity contribution in [2.45, 2.75) is 31.4 Å². The average Bonchev–Trinajstić information content (AvgIpc) is 1.85. The SMILES string of the molecule is C=CCC(F)C(F)(F)C(C)(F)F. The molecule has 0 heterocycles. The minimum Gasteiger partial charge on any atom is -0.240 e. The molecule has 5 heteroatoms. The molecule has 0 aliphatic carbocycles. The summed E-state index contributed by atoms with van der Waals surface area (Å²) in [6.45, 7) is 2.97. The molecule has 72 valence electrons. The monoisotopic (exact) mass is 188 g/mol. The van der Waals surface area contributed by atoms with Crippen LogP contribution in [0.4, 0.5) is 22.0 Å². The number of halogens is 5. The summed E-state index contributed by atoms with van der Waals surface area (Å²) in [6, 6.07) is 0. The van der Waals surface area contributed by atoms with Gasteiger partial charge in [0.1, 0.15) is 0 Å². The van der Waals surface area contributed by atoms with Crippen molar-refractivity contribution in [3.8, 4) is 0 Å². The molecule has 0 saturated carbocycles. The van der Waals surface area contributed by atoms with Gasteiger partial charge in [-0.15, -0.1) is 6.58 Å². The Hall–Kier alpha value is -0.610. The maximum atomic E-state index is 12.4. The molecule has 0 spiro atoms. The van der Waals surface area contributed by atoms with Crippen molar-refractivity contribution < 1.29 is 22.0 Å². The van der Waals surface area contributed by atoms with Crippen LogP contribution in [0.15, 0.2) is 12.7 Å². The smallest absolute Gasteiger partial charge is 0.240 e. The highest BCUT2D eigenvalue weighted by Gasteiger charge is 2.57. The highest BCUT2D eigenvalue weighted by Crippen LogP contribution is 2.39. The molecule has 0 amide bonds. The summed E-state index contributed by atoms with van der Waals surface area (Å²) < 4.78 is 61.2. The van der Waals surface area contributed by atoms with E-state index < -0.39 is 24.4 Å². The van der Waals surface area contributed by atoms with Gasteiger partial charge >= 0.3 is 11.8 Å². The Kier molecular flexibility index (Phi) is 3.24. The van der Waals surface area contributed by atoms with Gasteiger partial charge in [0.2, 0.25) is 0 Å². The largest absolute Gasteiger partial charge is 0.340 e. The number of hydrogen-bond donors (Lipinski definition) is 0. The van der Waals surface area contributed by atoms with Crippen molar-refractivity contribution in [1.29, 1.82) is 0 Å². The van der Waals surface area contributed by atoms with E-state index in [4.69, 9.17) is 0 Å². The van der Waals surface area contributed by atoms with Crippen molar-refractivity contribution in [2.75, 3.05) is 0 Å². The zero-order chi connectivity index (χ0) is 9.99. The van der Waals surface area contributed by atoms with Crippen LogP contribution in [0.2, 0.25) is 0 Å². The lowest BCUT2D eigenvalue weighted by Gasteiger charge is -2.25. The molecule has 0 nitrogen and oxygen atoms in total. The highest BCUT2D eigenvalue weighted by atomic mass is 19.3. The second kappa shape index (κ2) is 3.41. The first kappa shape index (κ1) is 11.4. The fraction of sp³-hybridized carbons (Fsp3) is 0.714. The van der Waals surface area contributed by atoms with Gasteiger partial charge in [0.15, 0.2) is 6.17 Å². The van der Waals surface area contributed by atoms with E-state index in [1.165, 1.54) is 0 Å². The van der Waals surface area contributed by atoms with Gasteiger partial charge in [-0.05, 0) is 0 Å². The van der Waals surface area contributed by atoms with Crippen LogP contribution in [0.1, 0.15) is 13.3 Å². The van der Waals surface area contributed by atoms with Crippen LogP contribution in [0.25, 0.3) is 0 Å². The third-order valence-corrected chi connectivity index (χ3v) is 1.35.